The summed E-state index contributed by atoms with van der Waals surface area (Å²) in [5.41, 5.74) is 4.91. The van der Waals surface area contributed by atoms with Gasteiger partial charge in [-0.15, -0.1) is 0 Å². The molecule has 5 rings (SSSR count). The van der Waals surface area contributed by atoms with Crippen molar-refractivity contribution >= 4 is 39.1 Å². The number of thiazole rings is 1. The number of ether oxygens (including phenoxy) is 1. The Hall–Kier alpha value is -3.52. The number of rotatable bonds is 7. The first-order valence-electron chi connectivity index (χ1n) is 11.5. The maximum atomic E-state index is 12.7. The zero-order valence-corrected chi connectivity index (χ0v) is 20.1. The van der Waals surface area contributed by atoms with Crippen molar-refractivity contribution in [3.8, 4) is 10.9 Å². The van der Waals surface area contributed by atoms with Gasteiger partial charge < -0.3 is 10.1 Å². The molecule has 1 amide bonds. The number of hydrogen-bond donors (Lipinski definition) is 1. The molecule has 2 aromatic carbocycles. The molecular formula is C26H26N4O3S. The van der Waals surface area contributed by atoms with Gasteiger partial charge in [-0.05, 0) is 68.0 Å². The molecule has 2 aromatic heterocycles. The van der Waals surface area contributed by atoms with Crippen molar-refractivity contribution in [1.29, 1.82) is 0 Å². The first-order chi connectivity index (χ1) is 16.5. The Kier molecular flexibility index (Phi) is 6.15. The number of benzene rings is 2. The van der Waals surface area contributed by atoms with E-state index < -0.39 is 0 Å². The van der Waals surface area contributed by atoms with E-state index in [1.54, 1.807) is 17.9 Å². The Bertz CT molecular complexity index is 1390. The lowest BCUT2D eigenvalue weighted by atomic mass is 9.89. The number of fused-ring (bicyclic) bond motifs is 2. The summed E-state index contributed by atoms with van der Waals surface area (Å²) in [7, 11) is 1.63. The Labute approximate surface area is 201 Å². The van der Waals surface area contributed by atoms with Gasteiger partial charge in [-0.25, -0.2) is 4.98 Å². The predicted molar refractivity (Wildman–Crippen MR) is 133 cm³/mol. The van der Waals surface area contributed by atoms with E-state index in [1.165, 1.54) is 35.3 Å². The summed E-state index contributed by atoms with van der Waals surface area (Å²) in [4.78, 5) is 30.1. The van der Waals surface area contributed by atoms with E-state index in [-0.39, 0.29) is 24.5 Å². The highest BCUT2D eigenvalue weighted by Crippen LogP contribution is 2.30. The first-order valence-corrected chi connectivity index (χ1v) is 12.3. The van der Waals surface area contributed by atoms with Crippen LogP contribution >= 0.6 is 11.3 Å². The predicted octanol–water partition coefficient (Wildman–Crippen LogP) is 5.28. The molecule has 174 valence electrons. The largest absolute Gasteiger partial charge is 0.497 e. The molecule has 0 aliphatic heterocycles. The van der Waals surface area contributed by atoms with Gasteiger partial charge in [0.1, 0.15) is 11.6 Å². The molecule has 8 heteroatoms. The number of anilines is 1. The van der Waals surface area contributed by atoms with Crippen LogP contribution in [0.3, 0.4) is 0 Å². The highest BCUT2D eigenvalue weighted by Gasteiger charge is 2.17. The molecule has 0 saturated carbocycles. The van der Waals surface area contributed by atoms with Crippen LogP contribution in [0, 0.1) is 6.92 Å². The zero-order valence-electron chi connectivity index (χ0n) is 19.3. The van der Waals surface area contributed by atoms with Crippen LogP contribution in [0.25, 0.3) is 15.3 Å². The number of carbonyl (C=O) groups excluding carboxylic acids is 2. The molecule has 4 aromatic rings. The lowest BCUT2D eigenvalue weighted by Crippen LogP contribution is -2.16. The molecule has 1 aliphatic rings. The smallest absolute Gasteiger partial charge is 0.225 e. The Morgan fingerprint density at radius 1 is 1.06 bits per heavy atom. The molecule has 0 spiro atoms. The van der Waals surface area contributed by atoms with Crippen molar-refractivity contribution in [3.63, 3.8) is 0 Å². The van der Waals surface area contributed by atoms with Gasteiger partial charge in [-0.3, -0.25) is 9.59 Å². The zero-order chi connectivity index (χ0) is 23.7. The molecular weight excluding hydrogens is 448 g/mol. The second-order valence-electron chi connectivity index (χ2n) is 8.57. The minimum atomic E-state index is -0.227. The molecule has 1 N–H and O–H groups in total. The van der Waals surface area contributed by atoms with Gasteiger partial charge in [0.2, 0.25) is 11.0 Å². The maximum Gasteiger partial charge on any atom is 0.225 e. The van der Waals surface area contributed by atoms with Crippen LogP contribution in [-0.2, 0) is 17.6 Å². The number of nitrogens with zero attached hydrogens (tertiary/aromatic N) is 3. The van der Waals surface area contributed by atoms with Crippen molar-refractivity contribution in [2.75, 3.05) is 12.4 Å². The normalized spacial score (nSPS) is 13.0. The van der Waals surface area contributed by atoms with E-state index in [0.717, 1.165) is 34.5 Å². The van der Waals surface area contributed by atoms with Gasteiger partial charge in [-0.1, -0.05) is 23.5 Å². The third-order valence-electron chi connectivity index (χ3n) is 6.11. The fourth-order valence-electron chi connectivity index (χ4n) is 4.33. The SMILES string of the molecule is COc1ccc2nc(-n3nc(C)cc3NC(=O)CCC(=O)c3ccc4c(c3)CCCC4)sc2c1. The fraction of sp³-hybridized carbons (Fsp3) is 0.308. The van der Waals surface area contributed by atoms with E-state index in [4.69, 9.17) is 4.74 Å². The lowest BCUT2D eigenvalue weighted by molar-refractivity contribution is -0.116. The van der Waals surface area contributed by atoms with E-state index in [0.29, 0.717) is 16.5 Å². The number of carbonyl (C=O) groups is 2. The fourth-order valence-corrected chi connectivity index (χ4v) is 5.29. The topological polar surface area (TPSA) is 86.1 Å². The van der Waals surface area contributed by atoms with E-state index in [9.17, 15) is 9.59 Å². The molecule has 0 radical (unpaired) electrons. The standard InChI is InChI=1S/C26H26N4O3S/c1-16-13-24(30(29-16)26-27-21-10-9-20(33-2)15-23(21)34-26)28-25(32)12-11-22(31)19-8-7-17-5-3-4-6-18(17)14-19/h7-10,13-15H,3-6,11-12H2,1-2H3,(H,28,32). The molecule has 2 heterocycles. The number of aryl methyl sites for hydroxylation is 3. The second-order valence-corrected chi connectivity index (χ2v) is 9.58. The van der Waals surface area contributed by atoms with Crippen molar-refractivity contribution < 1.29 is 14.3 Å². The second kappa shape index (κ2) is 9.38. The lowest BCUT2D eigenvalue weighted by Gasteiger charge is -2.16. The average molecular weight is 475 g/mol. The van der Waals surface area contributed by atoms with Crippen LogP contribution in [0.5, 0.6) is 5.75 Å². The molecule has 1 aliphatic carbocycles. The quantitative estimate of drug-likeness (QED) is 0.368. The summed E-state index contributed by atoms with van der Waals surface area (Å²) < 4.78 is 7.90. The van der Waals surface area contributed by atoms with Crippen LogP contribution in [0.1, 0.15) is 52.9 Å². The Balaban J connectivity index is 1.27. The van der Waals surface area contributed by atoms with Gasteiger partial charge >= 0.3 is 0 Å². The summed E-state index contributed by atoms with van der Waals surface area (Å²) in [6.45, 7) is 1.86. The van der Waals surface area contributed by atoms with Crippen molar-refractivity contribution in [2.45, 2.75) is 45.4 Å². The maximum absolute atomic E-state index is 12.7. The molecule has 7 nitrogen and oxygen atoms in total. The van der Waals surface area contributed by atoms with E-state index in [1.807, 2.05) is 37.3 Å². The van der Waals surface area contributed by atoms with Crippen LogP contribution in [0.4, 0.5) is 5.82 Å². The summed E-state index contributed by atoms with van der Waals surface area (Å²) in [5, 5.41) is 8.06. The summed E-state index contributed by atoms with van der Waals surface area (Å²) in [6.07, 6.45) is 4.76. The molecule has 0 bridgehead atoms. The van der Waals surface area contributed by atoms with Crippen LogP contribution in [-0.4, -0.2) is 33.6 Å². The molecule has 0 fully saturated rings. The van der Waals surface area contributed by atoms with Crippen molar-refractivity contribution in [1.82, 2.24) is 14.8 Å². The van der Waals surface area contributed by atoms with Gasteiger partial charge in [0.15, 0.2) is 5.78 Å². The third kappa shape index (κ3) is 4.59. The van der Waals surface area contributed by atoms with Gasteiger partial charge in [0.05, 0.1) is 23.0 Å². The number of hydrogen-bond acceptors (Lipinski definition) is 6. The van der Waals surface area contributed by atoms with Crippen LogP contribution in [0.2, 0.25) is 0 Å². The minimum absolute atomic E-state index is 0.00617. The minimum Gasteiger partial charge on any atom is -0.497 e. The highest BCUT2D eigenvalue weighted by atomic mass is 32.1. The molecule has 0 atom stereocenters. The number of Topliss-reactive ketones (excluding diaryl/α,β-unsaturated/α-hetero) is 1. The highest BCUT2D eigenvalue weighted by molar-refractivity contribution is 7.20. The molecule has 0 unspecified atom stereocenters. The first kappa shape index (κ1) is 22.3. The summed E-state index contributed by atoms with van der Waals surface area (Å²) >= 11 is 1.47. The number of amides is 1. The number of aromatic nitrogens is 3. The Morgan fingerprint density at radius 3 is 2.71 bits per heavy atom. The van der Waals surface area contributed by atoms with Gasteiger partial charge in [0.25, 0.3) is 0 Å². The van der Waals surface area contributed by atoms with Crippen molar-refractivity contribution in [3.05, 3.63) is 64.8 Å². The summed E-state index contributed by atoms with van der Waals surface area (Å²) in [5.74, 6) is 1.06. The van der Waals surface area contributed by atoms with Crippen LogP contribution in [0.15, 0.2) is 42.5 Å². The molecule has 34 heavy (non-hydrogen) atoms. The number of nitrogens with one attached hydrogen (secondary N) is 1. The van der Waals surface area contributed by atoms with E-state index in [2.05, 4.69) is 21.5 Å². The number of ketones is 1. The Morgan fingerprint density at radius 2 is 1.88 bits per heavy atom. The van der Waals surface area contributed by atoms with Crippen LogP contribution < -0.4 is 10.1 Å². The average Bonchev–Trinajstić information content (AvgIpc) is 3.44. The van der Waals surface area contributed by atoms with Crippen molar-refractivity contribution in [2.24, 2.45) is 0 Å². The third-order valence-corrected chi connectivity index (χ3v) is 7.11. The monoisotopic (exact) mass is 474 g/mol. The summed E-state index contributed by atoms with van der Waals surface area (Å²) in [6, 6.07) is 13.5. The number of methoxy groups -OCH3 is 1. The van der Waals surface area contributed by atoms with E-state index >= 15 is 0 Å². The van der Waals surface area contributed by atoms with Gasteiger partial charge in [-0.2, -0.15) is 9.78 Å². The molecule has 0 saturated heterocycles. The van der Waals surface area contributed by atoms with Gasteiger partial charge in [0, 0.05) is 24.5 Å².